The molecule has 0 aromatic heterocycles. The van der Waals surface area contributed by atoms with Crippen molar-refractivity contribution in [1.82, 2.24) is 4.90 Å². The van der Waals surface area contributed by atoms with Crippen LogP contribution < -0.4 is 20.7 Å². The molecule has 0 spiro atoms. The summed E-state index contributed by atoms with van der Waals surface area (Å²) >= 11 is 0. The average Bonchev–Trinajstić information content (AvgIpc) is 2.85. The van der Waals surface area contributed by atoms with Crippen LogP contribution in [-0.4, -0.2) is 50.1 Å². The Morgan fingerprint density at radius 2 is 1.59 bits per heavy atom. The van der Waals surface area contributed by atoms with Crippen molar-refractivity contribution in [2.24, 2.45) is 5.73 Å². The Bertz CT molecular complexity index is 1000. The lowest BCUT2D eigenvalue weighted by molar-refractivity contribution is 0.100. The monoisotopic (exact) mass is 430 g/mol. The van der Waals surface area contributed by atoms with Crippen LogP contribution in [-0.2, 0) is 6.61 Å². The summed E-state index contributed by atoms with van der Waals surface area (Å²) in [5.74, 6) is 0.166. The van der Waals surface area contributed by atoms with E-state index in [1.165, 1.54) is 5.69 Å². The Balaban J connectivity index is 1.27. The fraction of sp³-hybridized carbons (Fsp3) is 0.269. The molecule has 3 N–H and O–H groups in total. The first-order valence-electron chi connectivity index (χ1n) is 11.1. The van der Waals surface area contributed by atoms with E-state index in [0.29, 0.717) is 17.9 Å². The summed E-state index contributed by atoms with van der Waals surface area (Å²) in [5, 5.41) is 3.37. The predicted octanol–water partition coefficient (Wildman–Crippen LogP) is 3.60. The molecule has 1 aliphatic rings. The van der Waals surface area contributed by atoms with E-state index in [1.807, 2.05) is 48.5 Å². The van der Waals surface area contributed by atoms with Gasteiger partial charge in [0.1, 0.15) is 12.4 Å². The highest BCUT2D eigenvalue weighted by Gasteiger charge is 2.17. The number of nitrogens with zero attached hydrogens (tertiary/aromatic N) is 2. The number of amides is 1. The summed E-state index contributed by atoms with van der Waals surface area (Å²) in [5.41, 5.74) is 9.17. The van der Waals surface area contributed by atoms with Gasteiger partial charge in [0, 0.05) is 50.6 Å². The molecule has 1 aliphatic heterocycles. The zero-order valence-electron chi connectivity index (χ0n) is 18.2. The Hall–Kier alpha value is -3.51. The standard InChI is InChI=1S/C26H30N4O2/c27-26(31)24-19-23(32-20-21-7-3-1-4-8-21)11-12-25(24)28-13-14-29-15-17-30(18-16-29)22-9-5-2-6-10-22/h1-12,19,28H,13-18,20H2,(H2,27,31). The Kier molecular flexibility index (Phi) is 7.25. The van der Waals surface area contributed by atoms with Crippen molar-refractivity contribution >= 4 is 17.3 Å². The number of nitrogens with two attached hydrogens (primary N) is 1. The van der Waals surface area contributed by atoms with Crippen LogP contribution in [0, 0.1) is 0 Å². The topological polar surface area (TPSA) is 70.8 Å². The molecule has 3 aromatic carbocycles. The summed E-state index contributed by atoms with van der Waals surface area (Å²) in [4.78, 5) is 16.9. The van der Waals surface area contributed by atoms with Gasteiger partial charge in [0.15, 0.2) is 0 Å². The highest BCUT2D eigenvalue weighted by atomic mass is 16.5. The van der Waals surface area contributed by atoms with Crippen molar-refractivity contribution in [2.45, 2.75) is 6.61 Å². The van der Waals surface area contributed by atoms with Gasteiger partial charge in [-0.2, -0.15) is 0 Å². The quantitative estimate of drug-likeness (QED) is 0.543. The number of piperazine rings is 1. The number of anilines is 2. The number of rotatable bonds is 9. The summed E-state index contributed by atoms with van der Waals surface area (Å²) in [6, 6.07) is 25.9. The highest BCUT2D eigenvalue weighted by molar-refractivity contribution is 5.98. The van der Waals surface area contributed by atoms with Crippen LogP contribution >= 0.6 is 0 Å². The summed E-state index contributed by atoms with van der Waals surface area (Å²) in [6.45, 7) is 6.18. The molecule has 1 saturated heterocycles. The van der Waals surface area contributed by atoms with Crippen LogP contribution in [0.1, 0.15) is 15.9 Å². The number of carbonyl (C=O) groups is 1. The number of nitrogens with one attached hydrogen (secondary N) is 1. The molecular weight excluding hydrogens is 400 g/mol. The molecule has 0 radical (unpaired) electrons. The number of hydrogen-bond acceptors (Lipinski definition) is 5. The lowest BCUT2D eigenvalue weighted by Gasteiger charge is -2.36. The third-order valence-electron chi connectivity index (χ3n) is 5.74. The highest BCUT2D eigenvalue weighted by Crippen LogP contribution is 2.23. The van der Waals surface area contributed by atoms with Gasteiger partial charge in [0.05, 0.1) is 5.56 Å². The zero-order chi connectivity index (χ0) is 22.2. The molecule has 6 heteroatoms. The average molecular weight is 431 g/mol. The van der Waals surface area contributed by atoms with Crippen LogP contribution in [0.5, 0.6) is 5.75 Å². The molecule has 0 aliphatic carbocycles. The summed E-state index contributed by atoms with van der Waals surface area (Å²) in [7, 11) is 0. The normalized spacial score (nSPS) is 14.2. The molecule has 0 saturated carbocycles. The zero-order valence-corrected chi connectivity index (χ0v) is 18.2. The fourth-order valence-corrected chi connectivity index (χ4v) is 3.93. The first kappa shape index (κ1) is 21.7. The largest absolute Gasteiger partial charge is 0.489 e. The van der Waals surface area contributed by atoms with E-state index < -0.39 is 5.91 Å². The minimum Gasteiger partial charge on any atom is -0.489 e. The van der Waals surface area contributed by atoms with Crippen LogP contribution in [0.2, 0.25) is 0 Å². The smallest absolute Gasteiger partial charge is 0.250 e. The van der Waals surface area contributed by atoms with Crippen molar-refractivity contribution in [3.05, 3.63) is 90.0 Å². The van der Waals surface area contributed by atoms with Gasteiger partial charge in [0.2, 0.25) is 0 Å². The molecule has 1 amide bonds. The molecular formula is C26H30N4O2. The Morgan fingerprint density at radius 1 is 0.906 bits per heavy atom. The third kappa shape index (κ3) is 5.80. The molecule has 166 valence electrons. The van der Waals surface area contributed by atoms with Gasteiger partial charge in [-0.1, -0.05) is 48.5 Å². The van der Waals surface area contributed by atoms with E-state index in [-0.39, 0.29) is 0 Å². The maximum Gasteiger partial charge on any atom is 0.250 e. The van der Waals surface area contributed by atoms with Gasteiger partial charge in [-0.15, -0.1) is 0 Å². The maximum absolute atomic E-state index is 12.0. The van der Waals surface area contributed by atoms with Gasteiger partial charge >= 0.3 is 0 Å². The summed E-state index contributed by atoms with van der Waals surface area (Å²) < 4.78 is 5.84. The number of carbonyl (C=O) groups excluding carboxylic acids is 1. The van der Waals surface area contributed by atoms with E-state index >= 15 is 0 Å². The van der Waals surface area contributed by atoms with Gasteiger partial charge in [0.25, 0.3) is 5.91 Å². The minimum absolute atomic E-state index is 0.445. The van der Waals surface area contributed by atoms with Crippen LogP contribution in [0.4, 0.5) is 11.4 Å². The van der Waals surface area contributed by atoms with Crippen LogP contribution in [0.15, 0.2) is 78.9 Å². The van der Waals surface area contributed by atoms with E-state index in [9.17, 15) is 4.79 Å². The number of benzene rings is 3. The third-order valence-corrected chi connectivity index (χ3v) is 5.74. The Morgan fingerprint density at radius 3 is 2.28 bits per heavy atom. The van der Waals surface area contributed by atoms with Crippen molar-refractivity contribution in [1.29, 1.82) is 0 Å². The second kappa shape index (κ2) is 10.7. The Labute approximate surface area is 189 Å². The molecule has 1 heterocycles. The van der Waals surface area contributed by atoms with E-state index in [4.69, 9.17) is 10.5 Å². The molecule has 3 aromatic rings. The van der Waals surface area contributed by atoms with E-state index in [0.717, 1.165) is 50.5 Å². The van der Waals surface area contributed by atoms with Crippen LogP contribution in [0.25, 0.3) is 0 Å². The fourth-order valence-electron chi connectivity index (χ4n) is 3.93. The molecule has 4 rings (SSSR count). The van der Waals surface area contributed by atoms with Crippen molar-refractivity contribution < 1.29 is 9.53 Å². The second-order valence-electron chi connectivity index (χ2n) is 7.94. The minimum atomic E-state index is -0.464. The van der Waals surface area contributed by atoms with Crippen LogP contribution in [0.3, 0.4) is 0 Å². The first-order chi connectivity index (χ1) is 15.7. The molecule has 0 unspecified atom stereocenters. The SMILES string of the molecule is NC(=O)c1cc(OCc2ccccc2)ccc1NCCN1CCN(c2ccccc2)CC1. The van der Waals surface area contributed by atoms with Crippen molar-refractivity contribution in [3.8, 4) is 5.75 Å². The van der Waals surface area contributed by atoms with Gasteiger partial charge < -0.3 is 20.7 Å². The van der Waals surface area contributed by atoms with Gasteiger partial charge in [-0.05, 0) is 35.9 Å². The van der Waals surface area contributed by atoms with Gasteiger partial charge in [-0.25, -0.2) is 0 Å². The lowest BCUT2D eigenvalue weighted by atomic mass is 10.1. The number of para-hydroxylation sites is 1. The van der Waals surface area contributed by atoms with Crippen molar-refractivity contribution in [2.75, 3.05) is 49.5 Å². The second-order valence-corrected chi connectivity index (χ2v) is 7.94. The van der Waals surface area contributed by atoms with Crippen molar-refractivity contribution in [3.63, 3.8) is 0 Å². The molecule has 1 fully saturated rings. The molecule has 0 bridgehead atoms. The lowest BCUT2D eigenvalue weighted by Crippen LogP contribution is -2.47. The van der Waals surface area contributed by atoms with E-state index in [2.05, 4.69) is 39.4 Å². The predicted molar refractivity (Wildman–Crippen MR) is 129 cm³/mol. The maximum atomic E-state index is 12.0. The molecule has 6 nitrogen and oxygen atoms in total. The molecule has 0 atom stereocenters. The number of primary amides is 1. The number of hydrogen-bond donors (Lipinski definition) is 2. The molecule has 32 heavy (non-hydrogen) atoms. The van der Waals surface area contributed by atoms with Gasteiger partial charge in [-0.3, -0.25) is 9.69 Å². The van der Waals surface area contributed by atoms with E-state index in [1.54, 1.807) is 6.07 Å². The summed E-state index contributed by atoms with van der Waals surface area (Å²) in [6.07, 6.45) is 0. The number of ether oxygens (including phenoxy) is 1. The first-order valence-corrected chi connectivity index (χ1v) is 11.1.